The Morgan fingerprint density at radius 2 is 1.70 bits per heavy atom. The molecule has 8 nitrogen and oxygen atoms in total. The maximum atomic E-state index is 12.2. The lowest BCUT2D eigenvalue weighted by Crippen LogP contribution is -2.49. The van der Waals surface area contributed by atoms with Gasteiger partial charge < -0.3 is 33.1 Å². The molecule has 20 heavy (non-hydrogen) atoms. The molecule has 118 valence electrons. The van der Waals surface area contributed by atoms with Crippen LogP contribution in [0.15, 0.2) is 0 Å². The van der Waals surface area contributed by atoms with E-state index in [-0.39, 0.29) is 13.0 Å². The monoisotopic (exact) mass is 290 g/mol. The molecule has 0 amide bonds. The lowest BCUT2D eigenvalue weighted by molar-refractivity contribution is -0.143. The van der Waals surface area contributed by atoms with Crippen LogP contribution in [-0.2, 0) is 9.59 Å². The third-order valence-corrected chi connectivity index (χ3v) is 3.22. The van der Waals surface area contributed by atoms with Gasteiger partial charge in [-0.05, 0) is 25.8 Å². The maximum Gasteiger partial charge on any atom is 0.321 e. The molecule has 0 aromatic rings. The Labute approximate surface area is 118 Å². The molecule has 0 aliphatic carbocycles. The predicted molar refractivity (Wildman–Crippen MR) is 74.7 cm³/mol. The van der Waals surface area contributed by atoms with Crippen molar-refractivity contribution in [2.24, 2.45) is 28.9 Å². The number of hydrogen-bond acceptors (Lipinski definition) is 7. The van der Waals surface area contributed by atoms with E-state index in [9.17, 15) is 14.7 Å². The second kappa shape index (κ2) is 9.78. The van der Waals surface area contributed by atoms with E-state index >= 15 is 0 Å². The lowest BCUT2D eigenvalue weighted by atomic mass is 9.85. The molecule has 0 aromatic carbocycles. The first-order valence-corrected chi connectivity index (χ1v) is 6.71. The third-order valence-electron chi connectivity index (χ3n) is 3.22. The maximum absolute atomic E-state index is 12.2. The summed E-state index contributed by atoms with van der Waals surface area (Å²) in [7, 11) is 0. The average Bonchev–Trinajstić information content (AvgIpc) is 2.42. The zero-order valence-corrected chi connectivity index (χ0v) is 11.6. The van der Waals surface area contributed by atoms with Gasteiger partial charge in [-0.1, -0.05) is 6.42 Å². The Morgan fingerprint density at radius 1 is 1.10 bits per heavy atom. The number of carboxylic acid groups (broad SMARTS) is 1. The largest absolute Gasteiger partial charge is 0.480 e. The van der Waals surface area contributed by atoms with E-state index in [1.54, 1.807) is 0 Å². The van der Waals surface area contributed by atoms with Gasteiger partial charge in [0.2, 0.25) is 0 Å². The zero-order chi connectivity index (χ0) is 15.7. The molecule has 0 aromatic heterocycles. The number of unbranched alkanes of at least 4 members (excludes halogenated alkanes) is 1. The highest BCUT2D eigenvalue weighted by atomic mass is 16.4. The highest BCUT2D eigenvalue weighted by Gasteiger charge is 2.34. The van der Waals surface area contributed by atoms with Crippen molar-refractivity contribution < 1.29 is 19.8 Å². The van der Waals surface area contributed by atoms with Crippen LogP contribution in [0.2, 0.25) is 0 Å². The summed E-state index contributed by atoms with van der Waals surface area (Å²) in [6.07, 6.45) is 0.746. The third kappa shape index (κ3) is 6.40. The molecule has 0 radical (unpaired) electrons. The number of nitrogens with two attached hydrogens (primary N) is 4. The normalized spacial score (nSPS) is 17.2. The highest BCUT2D eigenvalue weighted by Crippen LogP contribution is 2.16. The van der Waals surface area contributed by atoms with Crippen molar-refractivity contribution in [2.75, 3.05) is 13.1 Å². The smallest absolute Gasteiger partial charge is 0.321 e. The molecule has 0 spiro atoms. The first-order chi connectivity index (χ1) is 9.34. The van der Waals surface area contributed by atoms with Crippen molar-refractivity contribution in [3.8, 4) is 0 Å². The number of carbonyl (C=O) groups is 2. The van der Waals surface area contributed by atoms with Gasteiger partial charge in [-0.2, -0.15) is 0 Å². The Hall–Kier alpha value is -1.06. The van der Waals surface area contributed by atoms with Crippen molar-refractivity contribution in [1.82, 2.24) is 0 Å². The van der Waals surface area contributed by atoms with Crippen LogP contribution in [0, 0.1) is 5.92 Å². The fourth-order valence-corrected chi connectivity index (χ4v) is 1.93. The first-order valence-electron chi connectivity index (χ1n) is 6.71. The molecule has 0 saturated carbocycles. The van der Waals surface area contributed by atoms with Gasteiger partial charge in [-0.3, -0.25) is 9.59 Å². The Kier molecular flexibility index (Phi) is 9.26. The van der Waals surface area contributed by atoms with E-state index in [1.807, 2.05) is 0 Å². The zero-order valence-electron chi connectivity index (χ0n) is 11.6. The summed E-state index contributed by atoms with van der Waals surface area (Å²) < 4.78 is 0. The van der Waals surface area contributed by atoms with Crippen LogP contribution in [0.1, 0.15) is 25.7 Å². The summed E-state index contributed by atoms with van der Waals surface area (Å²) in [6, 6.07) is -2.20. The number of Topliss-reactive ketones (excluding diaryl/α,β-unsaturated/α-hetero) is 1. The van der Waals surface area contributed by atoms with Gasteiger partial charge in [0.15, 0.2) is 5.78 Å². The van der Waals surface area contributed by atoms with Crippen molar-refractivity contribution in [2.45, 2.75) is 43.9 Å². The van der Waals surface area contributed by atoms with E-state index < -0.39 is 35.9 Å². The van der Waals surface area contributed by atoms with E-state index in [1.165, 1.54) is 0 Å². The standard InChI is InChI=1S/C12H26N4O4/c13-4-2-1-3-9(15)11(18)8(5-7(17)6-14)10(16)12(19)20/h7-10,17H,1-6,13-16H2,(H,19,20)/t7-,8?,9+,10+/m1/s1. The van der Waals surface area contributed by atoms with Crippen molar-refractivity contribution in [1.29, 1.82) is 0 Å². The van der Waals surface area contributed by atoms with Gasteiger partial charge >= 0.3 is 5.97 Å². The minimum atomic E-state index is -1.40. The molecular formula is C12H26N4O4. The molecule has 1 unspecified atom stereocenters. The van der Waals surface area contributed by atoms with E-state index in [2.05, 4.69) is 0 Å². The van der Waals surface area contributed by atoms with Crippen LogP contribution in [-0.4, -0.2) is 53.2 Å². The molecule has 0 heterocycles. The number of hydrogen-bond donors (Lipinski definition) is 6. The van der Waals surface area contributed by atoms with Crippen molar-refractivity contribution in [3.63, 3.8) is 0 Å². The van der Waals surface area contributed by atoms with Gasteiger partial charge in [0.05, 0.1) is 12.1 Å². The summed E-state index contributed by atoms with van der Waals surface area (Å²) in [4.78, 5) is 23.1. The molecule has 8 heteroatoms. The number of carbonyl (C=O) groups excluding carboxylic acids is 1. The van der Waals surface area contributed by atoms with Crippen molar-refractivity contribution in [3.05, 3.63) is 0 Å². The van der Waals surface area contributed by atoms with Gasteiger partial charge in [-0.25, -0.2) is 0 Å². The van der Waals surface area contributed by atoms with Gasteiger partial charge in [0, 0.05) is 12.5 Å². The lowest BCUT2D eigenvalue weighted by Gasteiger charge is -2.24. The quantitative estimate of drug-likeness (QED) is 0.231. The molecule has 0 bridgehead atoms. The molecule has 0 aliphatic rings. The number of carboxylic acids is 1. The van der Waals surface area contributed by atoms with Crippen LogP contribution in [0.4, 0.5) is 0 Å². The molecule has 0 fully saturated rings. The predicted octanol–water partition coefficient (Wildman–Crippen LogP) is -2.25. The van der Waals surface area contributed by atoms with E-state index in [0.717, 1.165) is 6.42 Å². The van der Waals surface area contributed by atoms with Crippen LogP contribution in [0.5, 0.6) is 0 Å². The molecule has 10 N–H and O–H groups in total. The van der Waals surface area contributed by atoms with E-state index in [4.69, 9.17) is 28.0 Å². The minimum Gasteiger partial charge on any atom is -0.480 e. The van der Waals surface area contributed by atoms with Crippen LogP contribution in [0.25, 0.3) is 0 Å². The summed E-state index contributed by atoms with van der Waals surface area (Å²) in [6.45, 7) is 0.434. The first kappa shape index (κ1) is 18.9. The molecule has 0 saturated heterocycles. The Bertz CT molecular complexity index is 314. The number of aliphatic hydroxyl groups excluding tert-OH is 1. The Balaban J connectivity index is 4.73. The van der Waals surface area contributed by atoms with Crippen LogP contribution in [0.3, 0.4) is 0 Å². The molecule has 0 aliphatic heterocycles. The van der Waals surface area contributed by atoms with E-state index in [0.29, 0.717) is 19.4 Å². The highest BCUT2D eigenvalue weighted by molar-refractivity contribution is 5.91. The number of aliphatic hydroxyl groups is 1. The number of ketones is 1. The van der Waals surface area contributed by atoms with Gasteiger partial charge in [-0.15, -0.1) is 0 Å². The number of rotatable bonds is 11. The summed E-state index contributed by atoms with van der Waals surface area (Å²) in [5.41, 5.74) is 21.9. The topological polar surface area (TPSA) is 179 Å². The van der Waals surface area contributed by atoms with Gasteiger partial charge in [0.1, 0.15) is 6.04 Å². The van der Waals surface area contributed by atoms with Crippen LogP contribution < -0.4 is 22.9 Å². The molecular weight excluding hydrogens is 264 g/mol. The SMILES string of the molecule is NCCCC[C@H](N)C(=O)C(C[C@@H](O)CN)[C@H](N)C(=O)O. The fraction of sp³-hybridized carbons (Fsp3) is 0.833. The summed E-state index contributed by atoms with van der Waals surface area (Å²) in [5, 5.41) is 18.5. The summed E-state index contributed by atoms with van der Waals surface area (Å²) >= 11 is 0. The van der Waals surface area contributed by atoms with Crippen molar-refractivity contribution >= 4 is 11.8 Å². The summed E-state index contributed by atoms with van der Waals surface area (Å²) in [5.74, 6) is -2.80. The second-order valence-electron chi connectivity index (χ2n) is 4.89. The average molecular weight is 290 g/mol. The van der Waals surface area contributed by atoms with Gasteiger partial charge in [0.25, 0.3) is 0 Å². The van der Waals surface area contributed by atoms with Crippen LogP contribution >= 0.6 is 0 Å². The fourth-order valence-electron chi connectivity index (χ4n) is 1.93. The minimum absolute atomic E-state index is 0.0709. The second-order valence-corrected chi connectivity index (χ2v) is 4.89. The molecule has 4 atom stereocenters. The molecule has 0 rings (SSSR count). The number of aliphatic carboxylic acids is 1. The Morgan fingerprint density at radius 3 is 2.15 bits per heavy atom.